The summed E-state index contributed by atoms with van der Waals surface area (Å²) in [6.45, 7) is 2.07. The number of likely N-dealkylation sites (N-methyl/N-ethyl adjacent to an activating group) is 1. The van der Waals surface area contributed by atoms with E-state index in [0.717, 1.165) is 10.8 Å². The molecule has 2 unspecified atom stereocenters. The minimum absolute atomic E-state index is 0.385. The van der Waals surface area contributed by atoms with E-state index >= 15 is 0 Å². The van der Waals surface area contributed by atoms with Crippen molar-refractivity contribution >= 4 is 22.9 Å². The molecule has 0 saturated carbocycles. The molecular formula is C15H16ClNS. The second-order valence-electron chi connectivity index (χ2n) is 4.88. The second kappa shape index (κ2) is 4.69. The summed E-state index contributed by atoms with van der Waals surface area (Å²) in [4.78, 5) is 1.35. The number of benzene rings is 1. The van der Waals surface area contributed by atoms with E-state index in [2.05, 4.69) is 42.6 Å². The zero-order valence-corrected chi connectivity index (χ0v) is 12.1. The predicted molar refractivity (Wildman–Crippen MR) is 78.8 cm³/mol. The van der Waals surface area contributed by atoms with Gasteiger partial charge in [-0.15, -0.1) is 11.3 Å². The molecule has 1 nitrogen and oxygen atoms in total. The van der Waals surface area contributed by atoms with E-state index in [0.29, 0.717) is 12.0 Å². The molecule has 0 amide bonds. The molecule has 94 valence electrons. The van der Waals surface area contributed by atoms with Gasteiger partial charge in [-0.1, -0.05) is 35.9 Å². The van der Waals surface area contributed by atoms with E-state index in [-0.39, 0.29) is 0 Å². The molecule has 3 rings (SSSR count). The minimum atomic E-state index is 0.385. The largest absolute Gasteiger partial charge is 0.312 e. The van der Waals surface area contributed by atoms with Gasteiger partial charge in [0.2, 0.25) is 0 Å². The standard InChI is InChI=1S/C15H16ClNS/c1-9-7-13(18-15(9)16)14(17-2)12-8-10-5-3-4-6-11(10)12/h3-7,12,14,17H,8H2,1-2H3. The van der Waals surface area contributed by atoms with Crippen LogP contribution in [0.1, 0.15) is 33.5 Å². The van der Waals surface area contributed by atoms with Crippen molar-refractivity contribution in [1.29, 1.82) is 0 Å². The van der Waals surface area contributed by atoms with Crippen LogP contribution in [0.25, 0.3) is 0 Å². The summed E-state index contributed by atoms with van der Waals surface area (Å²) in [5.41, 5.74) is 4.16. The van der Waals surface area contributed by atoms with Crippen molar-refractivity contribution in [3.05, 3.63) is 56.2 Å². The first-order valence-corrected chi connectivity index (χ1v) is 7.41. The molecule has 1 N–H and O–H groups in total. The highest BCUT2D eigenvalue weighted by molar-refractivity contribution is 7.16. The predicted octanol–water partition coefficient (Wildman–Crippen LogP) is 4.31. The van der Waals surface area contributed by atoms with Crippen LogP contribution in [0.4, 0.5) is 0 Å². The molecule has 2 aromatic rings. The van der Waals surface area contributed by atoms with E-state index in [9.17, 15) is 0 Å². The first kappa shape index (κ1) is 12.2. The summed E-state index contributed by atoms with van der Waals surface area (Å²) in [6, 6.07) is 11.3. The third-order valence-electron chi connectivity index (χ3n) is 3.79. The van der Waals surface area contributed by atoms with Gasteiger partial charge in [-0.3, -0.25) is 0 Å². The van der Waals surface area contributed by atoms with E-state index in [4.69, 9.17) is 11.6 Å². The number of thiophene rings is 1. The average molecular weight is 278 g/mol. The maximum absolute atomic E-state index is 6.19. The van der Waals surface area contributed by atoms with Gasteiger partial charge in [-0.05, 0) is 43.1 Å². The van der Waals surface area contributed by atoms with Gasteiger partial charge in [-0.25, -0.2) is 0 Å². The van der Waals surface area contributed by atoms with Crippen LogP contribution < -0.4 is 5.32 Å². The Kier molecular flexibility index (Phi) is 3.18. The smallest absolute Gasteiger partial charge is 0.0960 e. The molecule has 1 aromatic carbocycles. The molecule has 1 aromatic heterocycles. The summed E-state index contributed by atoms with van der Waals surface area (Å²) in [7, 11) is 2.04. The highest BCUT2D eigenvalue weighted by Crippen LogP contribution is 2.45. The fraction of sp³-hybridized carbons (Fsp3) is 0.333. The molecule has 1 aliphatic carbocycles. The number of halogens is 1. The zero-order valence-electron chi connectivity index (χ0n) is 10.5. The van der Waals surface area contributed by atoms with Gasteiger partial charge in [0.1, 0.15) is 0 Å². The van der Waals surface area contributed by atoms with Gasteiger partial charge in [-0.2, -0.15) is 0 Å². The maximum Gasteiger partial charge on any atom is 0.0960 e. The summed E-state index contributed by atoms with van der Waals surface area (Å²) in [6.07, 6.45) is 1.16. The van der Waals surface area contributed by atoms with Crippen molar-refractivity contribution in [2.24, 2.45) is 0 Å². The van der Waals surface area contributed by atoms with E-state index in [1.165, 1.54) is 21.6 Å². The Hall–Kier alpha value is -0.830. The Morgan fingerprint density at radius 3 is 2.78 bits per heavy atom. The van der Waals surface area contributed by atoms with E-state index < -0.39 is 0 Å². The van der Waals surface area contributed by atoms with Gasteiger partial charge in [0.25, 0.3) is 0 Å². The highest BCUT2D eigenvalue weighted by atomic mass is 35.5. The van der Waals surface area contributed by atoms with Gasteiger partial charge in [0, 0.05) is 16.8 Å². The molecule has 0 spiro atoms. The molecule has 1 aliphatic rings. The van der Waals surface area contributed by atoms with Crippen LogP contribution in [0.15, 0.2) is 30.3 Å². The Morgan fingerprint density at radius 1 is 1.39 bits per heavy atom. The number of rotatable bonds is 3. The Labute approximate surface area is 117 Å². The maximum atomic E-state index is 6.19. The zero-order chi connectivity index (χ0) is 12.7. The lowest BCUT2D eigenvalue weighted by molar-refractivity contribution is 0.444. The fourth-order valence-corrected chi connectivity index (χ4v) is 4.17. The number of fused-ring (bicyclic) bond motifs is 1. The molecule has 2 atom stereocenters. The highest BCUT2D eigenvalue weighted by Gasteiger charge is 2.33. The number of nitrogens with one attached hydrogen (secondary N) is 1. The molecule has 3 heteroatoms. The molecule has 18 heavy (non-hydrogen) atoms. The van der Waals surface area contributed by atoms with Gasteiger partial charge in [0.05, 0.1) is 4.34 Å². The van der Waals surface area contributed by atoms with Crippen molar-refractivity contribution < 1.29 is 0 Å². The van der Waals surface area contributed by atoms with Crippen LogP contribution in [-0.4, -0.2) is 7.05 Å². The molecule has 0 fully saturated rings. The van der Waals surface area contributed by atoms with Gasteiger partial charge in [0.15, 0.2) is 0 Å². The summed E-state index contributed by atoms with van der Waals surface area (Å²) < 4.78 is 0.915. The quantitative estimate of drug-likeness (QED) is 0.881. The Morgan fingerprint density at radius 2 is 2.17 bits per heavy atom. The molecule has 0 radical (unpaired) electrons. The first-order chi connectivity index (χ1) is 8.70. The fourth-order valence-electron chi connectivity index (χ4n) is 2.77. The first-order valence-electron chi connectivity index (χ1n) is 6.21. The van der Waals surface area contributed by atoms with Crippen molar-refractivity contribution in [2.45, 2.75) is 25.3 Å². The summed E-state index contributed by atoms with van der Waals surface area (Å²) >= 11 is 7.89. The van der Waals surface area contributed by atoms with Crippen molar-refractivity contribution in [2.75, 3.05) is 7.05 Å². The number of hydrogen-bond donors (Lipinski definition) is 1. The van der Waals surface area contributed by atoms with Crippen LogP contribution in [0.2, 0.25) is 4.34 Å². The molecule has 0 bridgehead atoms. The van der Waals surface area contributed by atoms with Crippen LogP contribution in [0.3, 0.4) is 0 Å². The SMILES string of the molecule is CNC(c1cc(C)c(Cl)s1)C1Cc2ccccc21. The van der Waals surface area contributed by atoms with Crippen LogP contribution in [0, 0.1) is 6.92 Å². The normalized spacial score (nSPS) is 19.2. The lowest BCUT2D eigenvalue weighted by atomic mass is 9.73. The van der Waals surface area contributed by atoms with Gasteiger partial charge < -0.3 is 5.32 Å². The van der Waals surface area contributed by atoms with Crippen molar-refractivity contribution in [3.8, 4) is 0 Å². The molecule has 0 aliphatic heterocycles. The number of hydrogen-bond acceptors (Lipinski definition) is 2. The monoisotopic (exact) mass is 277 g/mol. The minimum Gasteiger partial charge on any atom is -0.312 e. The van der Waals surface area contributed by atoms with E-state index in [1.54, 1.807) is 11.3 Å². The summed E-state index contributed by atoms with van der Waals surface area (Å²) in [5.74, 6) is 0.584. The summed E-state index contributed by atoms with van der Waals surface area (Å²) in [5, 5.41) is 3.45. The average Bonchev–Trinajstić information content (AvgIpc) is 2.66. The van der Waals surface area contributed by atoms with E-state index in [1.807, 2.05) is 7.05 Å². The number of aryl methyl sites for hydroxylation is 1. The lowest BCUT2D eigenvalue weighted by Crippen LogP contribution is -2.30. The van der Waals surface area contributed by atoms with Crippen molar-refractivity contribution in [3.63, 3.8) is 0 Å². The second-order valence-corrected chi connectivity index (χ2v) is 6.57. The lowest BCUT2D eigenvalue weighted by Gasteiger charge is -2.36. The third-order valence-corrected chi connectivity index (χ3v) is 5.43. The van der Waals surface area contributed by atoms with Crippen molar-refractivity contribution in [1.82, 2.24) is 5.32 Å². The van der Waals surface area contributed by atoms with Crippen LogP contribution >= 0.6 is 22.9 Å². The van der Waals surface area contributed by atoms with Crippen LogP contribution in [0.5, 0.6) is 0 Å². The topological polar surface area (TPSA) is 12.0 Å². The Bertz CT molecular complexity index is 556. The molecular weight excluding hydrogens is 262 g/mol. The Balaban J connectivity index is 1.91. The molecule has 1 heterocycles. The van der Waals surface area contributed by atoms with Crippen LogP contribution in [-0.2, 0) is 6.42 Å². The third kappa shape index (κ3) is 1.89. The van der Waals surface area contributed by atoms with Gasteiger partial charge >= 0.3 is 0 Å². The molecule has 0 saturated heterocycles.